The zero-order valence-electron chi connectivity index (χ0n) is 8.43. The van der Waals surface area contributed by atoms with Crippen LogP contribution >= 0.6 is 15.9 Å². The fourth-order valence-electron chi connectivity index (χ4n) is 1.72. The number of hydrogen-bond donors (Lipinski definition) is 0. The Morgan fingerprint density at radius 3 is 3.12 bits per heavy atom. The molecule has 3 heterocycles. The van der Waals surface area contributed by atoms with Crippen molar-refractivity contribution in [3.05, 3.63) is 28.6 Å². The highest BCUT2D eigenvalue weighted by atomic mass is 79.9. The number of ether oxygens (including phenoxy) is 1. The predicted octanol–water partition coefficient (Wildman–Crippen LogP) is 1.63. The van der Waals surface area contributed by atoms with Crippen LogP contribution in [-0.4, -0.2) is 26.4 Å². The SMILES string of the molecule is Brc1cccc(-c2nnc3n2CCOC3)n1. The van der Waals surface area contributed by atoms with Crippen molar-refractivity contribution < 1.29 is 4.74 Å². The predicted molar refractivity (Wildman–Crippen MR) is 60.6 cm³/mol. The summed E-state index contributed by atoms with van der Waals surface area (Å²) in [6.07, 6.45) is 0. The van der Waals surface area contributed by atoms with Crippen LogP contribution in [0.5, 0.6) is 0 Å². The molecule has 2 aromatic heterocycles. The second-order valence-corrected chi connectivity index (χ2v) is 4.30. The van der Waals surface area contributed by atoms with E-state index in [0.29, 0.717) is 13.2 Å². The summed E-state index contributed by atoms with van der Waals surface area (Å²) in [5.41, 5.74) is 0.829. The van der Waals surface area contributed by atoms with Crippen molar-refractivity contribution in [2.45, 2.75) is 13.2 Å². The fourth-order valence-corrected chi connectivity index (χ4v) is 2.06. The first-order valence-corrected chi connectivity index (χ1v) is 5.76. The van der Waals surface area contributed by atoms with Crippen molar-refractivity contribution in [3.8, 4) is 11.5 Å². The third kappa shape index (κ3) is 1.64. The number of fused-ring (bicyclic) bond motifs is 1. The smallest absolute Gasteiger partial charge is 0.182 e. The maximum atomic E-state index is 5.32. The lowest BCUT2D eigenvalue weighted by Gasteiger charge is -2.15. The molecule has 0 radical (unpaired) electrons. The van der Waals surface area contributed by atoms with Gasteiger partial charge in [0, 0.05) is 6.54 Å². The van der Waals surface area contributed by atoms with E-state index in [1.54, 1.807) is 0 Å². The molecule has 0 spiro atoms. The average molecular weight is 281 g/mol. The van der Waals surface area contributed by atoms with E-state index in [1.807, 2.05) is 18.2 Å². The van der Waals surface area contributed by atoms with Gasteiger partial charge in [0.15, 0.2) is 11.6 Å². The first-order valence-electron chi connectivity index (χ1n) is 4.97. The number of halogens is 1. The van der Waals surface area contributed by atoms with Gasteiger partial charge in [-0.3, -0.25) is 0 Å². The third-order valence-corrected chi connectivity index (χ3v) is 2.90. The molecule has 1 aliphatic heterocycles. The molecule has 1 aliphatic rings. The van der Waals surface area contributed by atoms with Crippen molar-refractivity contribution in [2.75, 3.05) is 6.61 Å². The van der Waals surface area contributed by atoms with Gasteiger partial charge < -0.3 is 9.30 Å². The number of rotatable bonds is 1. The molecule has 2 aromatic rings. The second kappa shape index (κ2) is 3.95. The minimum atomic E-state index is 0.529. The zero-order valence-corrected chi connectivity index (χ0v) is 10.0. The fraction of sp³-hybridized carbons (Fsp3) is 0.300. The quantitative estimate of drug-likeness (QED) is 0.745. The second-order valence-electron chi connectivity index (χ2n) is 3.49. The van der Waals surface area contributed by atoms with Gasteiger partial charge in [-0.25, -0.2) is 4.98 Å². The van der Waals surface area contributed by atoms with Crippen LogP contribution in [0.2, 0.25) is 0 Å². The van der Waals surface area contributed by atoms with Gasteiger partial charge in [-0.2, -0.15) is 0 Å². The largest absolute Gasteiger partial charge is 0.372 e. The van der Waals surface area contributed by atoms with Crippen LogP contribution in [-0.2, 0) is 17.9 Å². The summed E-state index contributed by atoms with van der Waals surface area (Å²) >= 11 is 3.35. The van der Waals surface area contributed by atoms with E-state index in [2.05, 4.69) is 35.7 Å². The molecule has 5 nitrogen and oxygen atoms in total. The van der Waals surface area contributed by atoms with Gasteiger partial charge in [-0.15, -0.1) is 10.2 Å². The van der Waals surface area contributed by atoms with Crippen LogP contribution < -0.4 is 0 Å². The van der Waals surface area contributed by atoms with Gasteiger partial charge in [0.25, 0.3) is 0 Å². The Kier molecular flexibility index (Phi) is 2.45. The van der Waals surface area contributed by atoms with Crippen LogP contribution in [0.15, 0.2) is 22.8 Å². The topological polar surface area (TPSA) is 52.8 Å². The Morgan fingerprint density at radius 2 is 2.25 bits per heavy atom. The first-order chi connectivity index (χ1) is 7.84. The van der Waals surface area contributed by atoms with Crippen molar-refractivity contribution in [2.24, 2.45) is 0 Å². The Bertz CT molecular complexity index is 525. The van der Waals surface area contributed by atoms with E-state index >= 15 is 0 Å². The lowest BCUT2D eigenvalue weighted by Crippen LogP contribution is -2.17. The molecular formula is C10H9BrN4O. The van der Waals surface area contributed by atoms with E-state index in [1.165, 1.54) is 0 Å². The molecule has 0 unspecified atom stereocenters. The van der Waals surface area contributed by atoms with Crippen LogP contribution in [0.4, 0.5) is 0 Å². The van der Waals surface area contributed by atoms with E-state index in [4.69, 9.17) is 4.74 Å². The number of pyridine rings is 1. The lowest BCUT2D eigenvalue weighted by molar-refractivity contribution is 0.0820. The van der Waals surface area contributed by atoms with E-state index in [9.17, 15) is 0 Å². The molecule has 0 fully saturated rings. The first kappa shape index (κ1) is 9.92. The molecule has 82 valence electrons. The Morgan fingerprint density at radius 1 is 1.31 bits per heavy atom. The summed E-state index contributed by atoms with van der Waals surface area (Å²) in [6, 6.07) is 5.75. The summed E-state index contributed by atoms with van der Waals surface area (Å²) in [7, 11) is 0. The normalized spacial score (nSPS) is 14.8. The van der Waals surface area contributed by atoms with Gasteiger partial charge in [0.1, 0.15) is 16.9 Å². The molecule has 0 aromatic carbocycles. The minimum absolute atomic E-state index is 0.529. The summed E-state index contributed by atoms with van der Waals surface area (Å²) in [5.74, 6) is 1.67. The van der Waals surface area contributed by atoms with Crippen molar-refractivity contribution in [1.29, 1.82) is 0 Å². The standard InChI is InChI=1S/C10H9BrN4O/c11-8-3-1-2-7(12-8)10-14-13-9-6-16-5-4-15(9)10/h1-3H,4-6H2. The van der Waals surface area contributed by atoms with E-state index in [0.717, 1.165) is 28.5 Å². The van der Waals surface area contributed by atoms with Gasteiger partial charge in [0.2, 0.25) is 0 Å². The van der Waals surface area contributed by atoms with Gasteiger partial charge in [-0.05, 0) is 28.1 Å². The Balaban J connectivity index is 2.09. The number of aromatic nitrogens is 4. The molecule has 0 N–H and O–H groups in total. The molecule has 0 atom stereocenters. The summed E-state index contributed by atoms with van der Waals surface area (Å²) < 4.78 is 8.17. The maximum Gasteiger partial charge on any atom is 0.182 e. The van der Waals surface area contributed by atoms with Crippen LogP contribution in [0.25, 0.3) is 11.5 Å². The molecule has 0 saturated heterocycles. The number of nitrogens with zero attached hydrogens (tertiary/aromatic N) is 4. The monoisotopic (exact) mass is 280 g/mol. The molecule has 3 rings (SSSR count). The summed E-state index contributed by atoms with van der Waals surface area (Å²) in [5, 5.41) is 8.25. The molecule has 6 heteroatoms. The van der Waals surface area contributed by atoms with Gasteiger partial charge in [-0.1, -0.05) is 6.07 Å². The summed E-state index contributed by atoms with van der Waals surface area (Å²) in [6.45, 7) is 2.01. The molecule has 0 bridgehead atoms. The van der Waals surface area contributed by atoms with Gasteiger partial charge >= 0.3 is 0 Å². The number of hydrogen-bond acceptors (Lipinski definition) is 4. The molecule has 0 aliphatic carbocycles. The third-order valence-electron chi connectivity index (χ3n) is 2.46. The summed E-state index contributed by atoms with van der Waals surface area (Å²) in [4.78, 5) is 4.38. The van der Waals surface area contributed by atoms with E-state index in [-0.39, 0.29) is 0 Å². The lowest BCUT2D eigenvalue weighted by atomic mass is 10.3. The average Bonchev–Trinajstić information content (AvgIpc) is 2.72. The Labute approximate surface area is 101 Å². The highest BCUT2D eigenvalue weighted by molar-refractivity contribution is 9.10. The van der Waals surface area contributed by atoms with E-state index < -0.39 is 0 Å². The van der Waals surface area contributed by atoms with Crippen LogP contribution in [0, 0.1) is 0 Å². The minimum Gasteiger partial charge on any atom is -0.372 e. The van der Waals surface area contributed by atoms with Crippen LogP contribution in [0.3, 0.4) is 0 Å². The van der Waals surface area contributed by atoms with Gasteiger partial charge in [0.05, 0.1) is 6.61 Å². The maximum absolute atomic E-state index is 5.32. The Hall–Kier alpha value is -1.27. The zero-order chi connectivity index (χ0) is 11.0. The molecular weight excluding hydrogens is 272 g/mol. The van der Waals surface area contributed by atoms with Crippen LogP contribution in [0.1, 0.15) is 5.82 Å². The van der Waals surface area contributed by atoms with Crippen molar-refractivity contribution in [3.63, 3.8) is 0 Å². The molecule has 0 amide bonds. The van der Waals surface area contributed by atoms with Crippen molar-refractivity contribution >= 4 is 15.9 Å². The molecule has 0 saturated carbocycles. The highest BCUT2D eigenvalue weighted by Crippen LogP contribution is 2.20. The van der Waals surface area contributed by atoms with Crippen molar-refractivity contribution in [1.82, 2.24) is 19.7 Å². The highest BCUT2D eigenvalue weighted by Gasteiger charge is 2.17. The molecule has 16 heavy (non-hydrogen) atoms.